The molecule has 0 bridgehead atoms. The molecule has 0 atom stereocenters. The van der Waals surface area contributed by atoms with Gasteiger partial charge in [-0.05, 0) is 12.1 Å². The molecule has 1 heterocycles. The Bertz CT molecular complexity index is 714. The highest BCUT2D eigenvalue weighted by Crippen LogP contribution is 2.09. The lowest BCUT2D eigenvalue weighted by Crippen LogP contribution is -2.22. The van der Waals surface area contributed by atoms with Gasteiger partial charge in [0, 0.05) is 18.0 Å². The molecule has 1 aromatic rings. The second-order valence-electron chi connectivity index (χ2n) is 3.65. The fourth-order valence-electron chi connectivity index (χ4n) is 1.18. The first-order valence-electron chi connectivity index (χ1n) is 4.96. The molecule has 7 nitrogen and oxygen atoms in total. The van der Waals surface area contributed by atoms with Crippen LogP contribution in [0.5, 0.6) is 0 Å². The van der Waals surface area contributed by atoms with Crippen LogP contribution in [0.15, 0.2) is 18.3 Å². The molecule has 9 heteroatoms. The summed E-state index contributed by atoms with van der Waals surface area (Å²) in [5, 5.41) is 7.52. The minimum Gasteiger partial charge on any atom is -0.384 e. The van der Waals surface area contributed by atoms with Crippen molar-refractivity contribution < 1.29 is 21.9 Å². The van der Waals surface area contributed by atoms with E-state index in [9.17, 15) is 16.8 Å². The Morgan fingerprint density at radius 2 is 2.05 bits per heavy atom. The van der Waals surface area contributed by atoms with E-state index < -0.39 is 24.9 Å². The molecule has 0 saturated carbocycles. The molecule has 0 spiro atoms. The fourth-order valence-corrected chi connectivity index (χ4v) is 4.10. The zero-order chi connectivity index (χ0) is 14.5. The van der Waals surface area contributed by atoms with Crippen molar-refractivity contribution in [1.29, 1.82) is 0 Å². The van der Waals surface area contributed by atoms with Crippen LogP contribution in [-0.2, 0) is 19.9 Å². The number of hydrogen-bond donors (Lipinski definition) is 2. The van der Waals surface area contributed by atoms with E-state index in [4.69, 9.17) is 5.11 Å². The molecule has 0 unspecified atom stereocenters. The van der Waals surface area contributed by atoms with Gasteiger partial charge in [-0.3, -0.25) is 4.72 Å². The number of sulfonamides is 1. The third-order valence-electron chi connectivity index (χ3n) is 1.70. The minimum atomic E-state index is -4.03. The van der Waals surface area contributed by atoms with Crippen LogP contribution in [0.3, 0.4) is 0 Å². The molecule has 0 aromatic carbocycles. The molecule has 0 aliphatic carbocycles. The van der Waals surface area contributed by atoms with Gasteiger partial charge < -0.3 is 5.11 Å². The Morgan fingerprint density at radius 3 is 2.63 bits per heavy atom. The van der Waals surface area contributed by atoms with Gasteiger partial charge in [-0.25, -0.2) is 21.8 Å². The van der Waals surface area contributed by atoms with E-state index in [1.807, 2.05) is 4.72 Å². The van der Waals surface area contributed by atoms with Gasteiger partial charge in [-0.2, -0.15) is 0 Å². The molecule has 0 fully saturated rings. The van der Waals surface area contributed by atoms with E-state index in [-0.39, 0.29) is 12.4 Å². The van der Waals surface area contributed by atoms with Crippen LogP contribution >= 0.6 is 0 Å². The standard InChI is InChI=1S/C10H12N2O5S2/c1-18(14,15)8-19(16,17)12-10-7-9(3-2-6-13)4-5-11-10/h4-5,7,13H,6,8H2,1H3,(H,11,12). The number of pyridine rings is 1. The van der Waals surface area contributed by atoms with Crippen molar-refractivity contribution in [3.63, 3.8) is 0 Å². The smallest absolute Gasteiger partial charge is 0.248 e. The predicted molar refractivity (Wildman–Crippen MR) is 70.5 cm³/mol. The number of nitrogens with zero attached hydrogens (tertiary/aromatic N) is 1. The van der Waals surface area contributed by atoms with Gasteiger partial charge in [0.15, 0.2) is 14.9 Å². The summed E-state index contributed by atoms with van der Waals surface area (Å²) in [6.45, 7) is -0.322. The molecule has 19 heavy (non-hydrogen) atoms. The maximum Gasteiger partial charge on any atom is 0.248 e. The van der Waals surface area contributed by atoms with Gasteiger partial charge in [0.1, 0.15) is 12.4 Å². The maximum absolute atomic E-state index is 11.5. The van der Waals surface area contributed by atoms with Gasteiger partial charge in [0.2, 0.25) is 10.0 Å². The number of aliphatic hydroxyl groups is 1. The molecule has 0 radical (unpaired) electrons. The second kappa shape index (κ2) is 6.01. The Morgan fingerprint density at radius 1 is 1.37 bits per heavy atom. The summed E-state index contributed by atoms with van der Waals surface area (Å²) in [5.74, 6) is 4.94. The molecule has 1 rings (SSSR count). The topological polar surface area (TPSA) is 113 Å². The van der Waals surface area contributed by atoms with Crippen molar-refractivity contribution in [2.24, 2.45) is 0 Å². The molecule has 104 valence electrons. The lowest BCUT2D eigenvalue weighted by atomic mass is 10.2. The summed E-state index contributed by atoms with van der Waals surface area (Å²) in [6.07, 6.45) is 2.14. The molecular weight excluding hydrogens is 292 g/mol. The van der Waals surface area contributed by atoms with Gasteiger partial charge in [0.05, 0.1) is 0 Å². The summed E-state index contributed by atoms with van der Waals surface area (Å²) in [5.41, 5.74) is 0.445. The average Bonchev–Trinajstić information content (AvgIpc) is 2.22. The average molecular weight is 304 g/mol. The SMILES string of the molecule is CS(=O)(=O)CS(=O)(=O)Nc1cc(C#CCO)ccn1. The van der Waals surface area contributed by atoms with Gasteiger partial charge >= 0.3 is 0 Å². The van der Waals surface area contributed by atoms with Crippen LogP contribution in [0.25, 0.3) is 0 Å². The molecule has 1 aromatic heterocycles. The van der Waals surface area contributed by atoms with Crippen molar-refractivity contribution in [1.82, 2.24) is 4.98 Å². The highest BCUT2D eigenvalue weighted by molar-refractivity contribution is 8.08. The lowest BCUT2D eigenvalue weighted by molar-refractivity contribution is 0.350. The van der Waals surface area contributed by atoms with Crippen molar-refractivity contribution in [2.75, 3.05) is 22.7 Å². The number of nitrogens with one attached hydrogen (secondary N) is 1. The molecule has 0 saturated heterocycles. The fraction of sp³-hybridized carbons (Fsp3) is 0.300. The molecule has 2 N–H and O–H groups in total. The highest BCUT2D eigenvalue weighted by Gasteiger charge is 2.18. The predicted octanol–water partition coefficient (Wildman–Crippen LogP) is -0.831. The molecular formula is C10H12N2O5S2. The largest absolute Gasteiger partial charge is 0.384 e. The zero-order valence-corrected chi connectivity index (χ0v) is 11.6. The lowest BCUT2D eigenvalue weighted by Gasteiger charge is -2.06. The first kappa shape index (κ1) is 15.4. The quantitative estimate of drug-likeness (QED) is 0.702. The van der Waals surface area contributed by atoms with E-state index >= 15 is 0 Å². The summed E-state index contributed by atoms with van der Waals surface area (Å²) < 4.78 is 47.0. The zero-order valence-electron chi connectivity index (χ0n) is 9.99. The normalized spacial score (nSPS) is 11.5. The number of aromatic nitrogens is 1. The van der Waals surface area contributed by atoms with Crippen molar-refractivity contribution >= 4 is 25.7 Å². The third-order valence-corrected chi connectivity index (χ3v) is 5.17. The van der Waals surface area contributed by atoms with Crippen molar-refractivity contribution in [3.05, 3.63) is 23.9 Å². The Labute approximate surface area is 111 Å². The van der Waals surface area contributed by atoms with Crippen LogP contribution < -0.4 is 4.72 Å². The Kier molecular flexibility index (Phi) is 4.88. The summed E-state index contributed by atoms with van der Waals surface area (Å²) in [7, 11) is -7.69. The van der Waals surface area contributed by atoms with E-state index in [0.717, 1.165) is 6.26 Å². The number of aliphatic hydroxyl groups excluding tert-OH is 1. The summed E-state index contributed by atoms with van der Waals surface area (Å²) >= 11 is 0. The summed E-state index contributed by atoms with van der Waals surface area (Å²) in [4.78, 5) is 3.75. The second-order valence-corrected chi connectivity index (χ2v) is 7.88. The van der Waals surface area contributed by atoms with Gasteiger partial charge in [-0.1, -0.05) is 11.8 Å². The Hall–Kier alpha value is -1.63. The first-order valence-corrected chi connectivity index (χ1v) is 8.67. The van der Waals surface area contributed by atoms with Crippen LogP contribution in [0.2, 0.25) is 0 Å². The number of sulfone groups is 1. The first-order chi connectivity index (χ1) is 8.72. The van der Waals surface area contributed by atoms with Crippen LogP contribution in [-0.4, -0.2) is 44.9 Å². The maximum atomic E-state index is 11.5. The van der Waals surface area contributed by atoms with Crippen LogP contribution in [0.1, 0.15) is 5.56 Å². The molecule has 0 amide bonds. The van der Waals surface area contributed by atoms with Crippen molar-refractivity contribution in [2.45, 2.75) is 0 Å². The summed E-state index contributed by atoms with van der Waals surface area (Å²) in [6, 6.07) is 2.86. The number of anilines is 1. The number of rotatable bonds is 4. The van der Waals surface area contributed by atoms with Crippen LogP contribution in [0, 0.1) is 11.8 Å². The van der Waals surface area contributed by atoms with E-state index in [2.05, 4.69) is 16.8 Å². The monoisotopic (exact) mass is 304 g/mol. The molecule has 0 aliphatic heterocycles. The molecule has 0 aliphatic rings. The number of hydrogen-bond acceptors (Lipinski definition) is 6. The Balaban J connectivity index is 2.94. The van der Waals surface area contributed by atoms with Crippen molar-refractivity contribution in [3.8, 4) is 11.8 Å². The van der Waals surface area contributed by atoms with Gasteiger partial charge in [0.25, 0.3) is 0 Å². The van der Waals surface area contributed by atoms with E-state index in [1.54, 1.807) is 0 Å². The van der Waals surface area contributed by atoms with E-state index in [0.29, 0.717) is 5.56 Å². The van der Waals surface area contributed by atoms with E-state index in [1.165, 1.54) is 18.3 Å². The highest BCUT2D eigenvalue weighted by atomic mass is 32.3. The van der Waals surface area contributed by atoms with Crippen LogP contribution in [0.4, 0.5) is 5.82 Å². The minimum absolute atomic E-state index is 0.0339. The third kappa shape index (κ3) is 6.19. The van der Waals surface area contributed by atoms with Gasteiger partial charge in [-0.15, -0.1) is 0 Å².